The molecule has 0 fully saturated rings. The minimum Gasteiger partial charge on any atom is -0.482 e. The van der Waals surface area contributed by atoms with E-state index < -0.39 is 5.97 Å². The molecule has 0 saturated carbocycles. The molecule has 0 aliphatic rings. The number of nitrogens with one attached hydrogen (secondary N) is 1. The number of ether oxygens (including phenoxy) is 1. The van der Waals surface area contributed by atoms with E-state index in [-0.39, 0.29) is 24.5 Å². The fraction of sp³-hybridized carbons (Fsp3) is 0.500. The molecule has 1 aromatic rings. The SMILES string of the molecule is CCCC(C)C(=O)NC(C)c1ccc(OCC(=O)O)cc1. The molecule has 2 unspecified atom stereocenters. The maximum absolute atomic E-state index is 12.0. The van der Waals surface area contributed by atoms with Gasteiger partial charge in [-0.15, -0.1) is 0 Å². The lowest BCUT2D eigenvalue weighted by Gasteiger charge is -2.18. The molecular formula is C16H23NO4. The summed E-state index contributed by atoms with van der Waals surface area (Å²) in [7, 11) is 0. The largest absolute Gasteiger partial charge is 0.482 e. The molecular weight excluding hydrogens is 270 g/mol. The van der Waals surface area contributed by atoms with E-state index in [1.54, 1.807) is 12.1 Å². The normalized spacial score (nSPS) is 13.3. The Hall–Kier alpha value is -2.04. The minimum atomic E-state index is -1.01. The summed E-state index contributed by atoms with van der Waals surface area (Å²) in [6.45, 7) is 5.54. The Morgan fingerprint density at radius 1 is 1.24 bits per heavy atom. The Kier molecular flexibility index (Phi) is 6.72. The van der Waals surface area contributed by atoms with E-state index in [4.69, 9.17) is 9.84 Å². The first-order valence-electron chi connectivity index (χ1n) is 7.19. The number of amides is 1. The van der Waals surface area contributed by atoms with Crippen LogP contribution in [0, 0.1) is 5.92 Å². The quantitative estimate of drug-likeness (QED) is 0.772. The minimum absolute atomic E-state index is 0.00984. The van der Waals surface area contributed by atoms with Crippen LogP contribution < -0.4 is 10.1 Å². The van der Waals surface area contributed by atoms with E-state index in [1.807, 2.05) is 26.0 Å². The maximum atomic E-state index is 12.0. The number of carboxylic acids is 1. The highest BCUT2D eigenvalue weighted by Gasteiger charge is 2.15. The van der Waals surface area contributed by atoms with Gasteiger partial charge in [0.05, 0.1) is 6.04 Å². The van der Waals surface area contributed by atoms with Crippen molar-refractivity contribution in [3.05, 3.63) is 29.8 Å². The zero-order valence-corrected chi connectivity index (χ0v) is 12.8. The molecule has 1 rings (SSSR count). The van der Waals surface area contributed by atoms with Crippen molar-refractivity contribution in [1.29, 1.82) is 0 Å². The van der Waals surface area contributed by atoms with E-state index in [2.05, 4.69) is 12.2 Å². The first-order chi connectivity index (χ1) is 9.93. The summed E-state index contributed by atoms with van der Waals surface area (Å²) in [5.74, 6) is -0.449. The molecule has 0 radical (unpaired) electrons. The van der Waals surface area contributed by atoms with E-state index in [1.165, 1.54) is 0 Å². The van der Waals surface area contributed by atoms with Gasteiger partial charge in [-0.25, -0.2) is 4.79 Å². The van der Waals surface area contributed by atoms with Crippen LogP contribution in [0.2, 0.25) is 0 Å². The van der Waals surface area contributed by atoms with Gasteiger partial charge in [-0.3, -0.25) is 4.79 Å². The van der Waals surface area contributed by atoms with Crippen molar-refractivity contribution in [1.82, 2.24) is 5.32 Å². The lowest BCUT2D eigenvalue weighted by atomic mass is 10.0. The molecule has 0 spiro atoms. The third-order valence-corrected chi connectivity index (χ3v) is 3.27. The molecule has 5 heteroatoms. The van der Waals surface area contributed by atoms with Crippen LogP contribution >= 0.6 is 0 Å². The average Bonchev–Trinajstić information content (AvgIpc) is 2.45. The lowest BCUT2D eigenvalue weighted by Crippen LogP contribution is -2.31. The van der Waals surface area contributed by atoms with Crippen molar-refractivity contribution in [3.8, 4) is 5.75 Å². The average molecular weight is 293 g/mol. The van der Waals surface area contributed by atoms with Crippen molar-refractivity contribution >= 4 is 11.9 Å². The Morgan fingerprint density at radius 2 is 1.86 bits per heavy atom. The summed E-state index contributed by atoms with van der Waals surface area (Å²) in [6.07, 6.45) is 1.86. The van der Waals surface area contributed by atoms with Crippen LogP contribution in [-0.4, -0.2) is 23.6 Å². The number of hydrogen-bond acceptors (Lipinski definition) is 3. The third kappa shape index (κ3) is 5.85. The van der Waals surface area contributed by atoms with Gasteiger partial charge in [-0.2, -0.15) is 0 Å². The summed E-state index contributed by atoms with van der Waals surface area (Å²) in [5, 5.41) is 11.5. The monoisotopic (exact) mass is 293 g/mol. The smallest absolute Gasteiger partial charge is 0.341 e. The zero-order chi connectivity index (χ0) is 15.8. The molecule has 0 aromatic heterocycles. The Bertz CT molecular complexity index is 470. The summed E-state index contributed by atoms with van der Waals surface area (Å²) < 4.78 is 5.07. The van der Waals surface area contributed by atoms with Gasteiger partial charge in [0.2, 0.25) is 5.91 Å². The van der Waals surface area contributed by atoms with Gasteiger partial charge in [0.25, 0.3) is 0 Å². The standard InChI is InChI=1S/C16H23NO4/c1-4-5-11(2)16(20)17-12(3)13-6-8-14(9-7-13)21-10-15(18)19/h6-9,11-12H,4-5,10H2,1-3H3,(H,17,20)(H,18,19). The Labute approximate surface area is 125 Å². The van der Waals surface area contributed by atoms with Crippen molar-refractivity contribution in [3.63, 3.8) is 0 Å². The highest BCUT2D eigenvalue weighted by molar-refractivity contribution is 5.78. The van der Waals surface area contributed by atoms with Crippen LogP contribution in [0.4, 0.5) is 0 Å². The van der Waals surface area contributed by atoms with Gasteiger partial charge in [-0.05, 0) is 31.0 Å². The van der Waals surface area contributed by atoms with Crippen molar-refractivity contribution < 1.29 is 19.4 Å². The molecule has 0 aliphatic carbocycles. The van der Waals surface area contributed by atoms with E-state index in [9.17, 15) is 9.59 Å². The highest BCUT2D eigenvalue weighted by Crippen LogP contribution is 2.18. The van der Waals surface area contributed by atoms with Crippen LogP contribution in [0.15, 0.2) is 24.3 Å². The number of carboxylic acid groups (broad SMARTS) is 1. The number of rotatable bonds is 8. The van der Waals surface area contributed by atoms with Gasteiger partial charge in [0.1, 0.15) is 5.75 Å². The van der Waals surface area contributed by atoms with Crippen LogP contribution in [0.25, 0.3) is 0 Å². The molecule has 0 heterocycles. The number of carbonyl (C=O) groups excluding carboxylic acids is 1. The fourth-order valence-corrected chi connectivity index (χ4v) is 2.00. The first-order valence-corrected chi connectivity index (χ1v) is 7.19. The second-order valence-corrected chi connectivity index (χ2v) is 5.17. The number of aliphatic carboxylic acids is 1. The second-order valence-electron chi connectivity index (χ2n) is 5.17. The molecule has 2 N–H and O–H groups in total. The maximum Gasteiger partial charge on any atom is 0.341 e. The van der Waals surface area contributed by atoms with Crippen molar-refractivity contribution in [2.24, 2.45) is 5.92 Å². The summed E-state index contributed by atoms with van der Waals surface area (Å²) in [6, 6.07) is 6.97. The predicted octanol–water partition coefficient (Wildman–Crippen LogP) is 2.76. The fourth-order valence-electron chi connectivity index (χ4n) is 2.00. The topological polar surface area (TPSA) is 75.6 Å². The molecule has 5 nitrogen and oxygen atoms in total. The Balaban J connectivity index is 2.56. The first kappa shape index (κ1) is 17.0. The molecule has 0 aliphatic heterocycles. The van der Waals surface area contributed by atoms with Crippen LogP contribution in [-0.2, 0) is 9.59 Å². The third-order valence-electron chi connectivity index (χ3n) is 3.27. The molecule has 0 saturated heterocycles. The van der Waals surface area contributed by atoms with E-state index in [0.29, 0.717) is 5.75 Å². The van der Waals surface area contributed by atoms with Gasteiger partial charge >= 0.3 is 5.97 Å². The van der Waals surface area contributed by atoms with E-state index in [0.717, 1.165) is 18.4 Å². The summed E-state index contributed by atoms with van der Waals surface area (Å²) in [4.78, 5) is 22.4. The lowest BCUT2D eigenvalue weighted by molar-refractivity contribution is -0.139. The summed E-state index contributed by atoms with van der Waals surface area (Å²) >= 11 is 0. The van der Waals surface area contributed by atoms with Crippen LogP contribution in [0.3, 0.4) is 0 Å². The van der Waals surface area contributed by atoms with Crippen LogP contribution in [0.1, 0.15) is 45.2 Å². The number of hydrogen-bond donors (Lipinski definition) is 2. The molecule has 1 aromatic carbocycles. The van der Waals surface area contributed by atoms with Crippen molar-refractivity contribution in [2.75, 3.05) is 6.61 Å². The molecule has 1 amide bonds. The van der Waals surface area contributed by atoms with Gasteiger partial charge in [-0.1, -0.05) is 32.4 Å². The molecule has 21 heavy (non-hydrogen) atoms. The van der Waals surface area contributed by atoms with E-state index >= 15 is 0 Å². The molecule has 2 atom stereocenters. The number of carbonyl (C=O) groups is 2. The summed E-state index contributed by atoms with van der Waals surface area (Å²) in [5.41, 5.74) is 0.953. The Morgan fingerprint density at radius 3 is 2.38 bits per heavy atom. The number of benzene rings is 1. The highest BCUT2D eigenvalue weighted by atomic mass is 16.5. The second kappa shape index (κ2) is 8.29. The van der Waals surface area contributed by atoms with Gasteiger partial charge in [0.15, 0.2) is 6.61 Å². The van der Waals surface area contributed by atoms with Gasteiger partial charge < -0.3 is 15.2 Å². The van der Waals surface area contributed by atoms with Crippen LogP contribution in [0.5, 0.6) is 5.75 Å². The zero-order valence-electron chi connectivity index (χ0n) is 12.8. The predicted molar refractivity (Wildman–Crippen MR) is 80.2 cm³/mol. The van der Waals surface area contributed by atoms with Crippen molar-refractivity contribution in [2.45, 2.75) is 39.7 Å². The van der Waals surface area contributed by atoms with Gasteiger partial charge in [0, 0.05) is 5.92 Å². The molecule has 116 valence electrons. The molecule has 0 bridgehead atoms.